The summed E-state index contributed by atoms with van der Waals surface area (Å²) in [4.78, 5) is 11.2. The first-order chi connectivity index (χ1) is 9.43. The Morgan fingerprint density at radius 3 is 3.21 bits per heavy atom. The molecule has 1 aromatic rings. The van der Waals surface area contributed by atoms with Crippen LogP contribution in [0.3, 0.4) is 0 Å². The first-order valence-corrected chi connectivity index (χ1v) is 7.07. The van der Waals surface area contributed by atoms with Gasteiger partial charge < -0.3 is 4.90 Å². The van der Waals surface area contributed by atoms with Crippen LogP contribution < -0.4 is 5.32 Å². The van der Waals surface area contributed by atoms with Gasteiger partial charge >= 0.3 is 0 Å². The average Bonchev–Trinajstić information content (AvgIpc) is 2.90. The Kier molecular flexibility index (Phi) is 2.62. The van der Waals surface area contributed by atoms with E-state index < -0.39 is 0 Å². The van der Waals surface area contributed by atoms with E-state index in [2.05, 4.69) is 44.5 Å². The molecule has 1 saturated heterocycles. The number of hydrogen-bond acceptors (Lipinski definition) is 4. The van der Waals surface area contributed by atoms with Crippen LogP contribution in [0.15, 0.2) is 34.3 Å². The molecule has 2 heterocycles. The van der Waals surface area contributed by atoms with Crippen LogP contribution in [0.1, 0.15) is 30.0 Å². The summed E-state index contributed by atoms with van der Waals surface area (Å²) >= 11 is 0. The van der Waals surface area contributed by atoms with Crippen molar-refractivity contribution in [2.24, 2.45) is 9.98 Å². The molecule has 4 nitrogen and oxygen atoms in total. The fourth-order valence-corrected chi connectivity index (χ4v) is 3.47. The van der Waals surface area contributed by atoms with Crippen molar-refractivity contribution in [1.82, 2.24) is 10.2 Å². The summed E-state index contributed by atoms with van der Waals surface area (Å²) in [6, 6.07) is 9.65. The number of aliphatic imine (C=N–C) groups is 2. The largest absolute Gasteiger partial charge is 0.339 e. The van der Waals surface area contributed by atoms with Gasteiger partial charge in [0.25, 0.3) is 0 Å². The highest BCUT2D eigenvalue weighted by atomic mass is 15.4. The number of hydrogen-bond donors (Lipinski definition) is 1. The summed E-state index contributed by atoms with van der Waals surface area (Å²) in [6.45, 7) is 1.72. The van der Waals surface area contributed by atoms with Gasteiger partial charge in [0.05, 0.1) is 25.3 Å². The van der Waals surface area contributed by atoms with Crippen LogP contribution in [-0.4, -0.2) is 36.3 Å². The smallest absolute Gasteiger partial charge is 0.127 e. The van der Waals surface area contributed by atoms with E-state index in [1.807, 2.05) is 0 Å². The summed E-state index contributed by atoms with van der Waals surface area (Å²) in [5.74, 6) is 1.18. The molecule has 2 aliphatic heterocycles. The summed E-state index contributed by atoms with van der Waals surface area (Å²) in [7, 11) is 0. The third-order valence-electron chi connectivity index (χ3n) is 4.39. The van der Waals surface area contributed by atoms with Crippen molar-refractivity contribution in [2.75, 3.05) is 13.2 Å². The van der Waals surface area contributed by atoms with Gasteiger partial charge in [0.15, 0.2) is 0 Å². The monoisotopic (exact) mass is 254 g/mol. The van der Waals surface area contributed by atoms with Crippen molar-refractivity contribution in [3.05, 3.63) is 35.4 Å². The molecule has 0 bridgehead atoms. The standard InChI is InChI=1S/C15H18N4/c1-2-6-12-11(4-1)5-3-7-14(12)19-10-18-13-8-16-9-17-15(13)19/h1-2,4,6,9,13-14,18H,3,5,7-8,10H2. The Balaban J connectivity index is 1.70. The molecule has 2 unspecified atom stereocenters. The topological polar surface area (TPSA) is 40.0 Å². The fraction of sp³-hybridized carbons (Fsp3) is 0.467. The van der Waals surface area contributed by atoms with Crippen molar-refractivity contribution < 1.29 is 0 Å². The number of fused-ring (bicyclic) bond motifs is 2. The van der Waals surface area contributed by atoms with Gasteiger partial charge in [0.1, 0.15) is 12.2 Å². The quantitative estimate of drug-likeness (QED) is 0.829. The number of nitrogens with one attached hydrogen (secondary N) is 1. The Bertz CT molecular complexity index is 549. The second-order valence-corrected chi connectivity index (χ2v) is 5.46. The summed E-state index contributed by atoms with van der Waals surface area (Å²) in [6.07, 6.45) is 5.41. The molecule has 1 fully saturated rings. The zero-order valence-corrected chi connectivity index (χ0v) is 10.9. The number of aryl methyl sites for hydroxylation is 1. The van der Waals surface area contributed by atoms with Crippen molar-refractivity contribution in [2.45, 2.75) is 31.3 Å². The minimum atomic E-state index is 0.319. The second-order valence-electron chi connectivity index (χ2n) is 5.46. The van der Waals surface area contributed by atoms with Crippen molar-refractivity contribution in [3.8, 4) is 0 Å². The zero-order valence-electron chi connectivity index (χ0n) is 10.9. The van der Waals surface area contributed by atoms with E-state index in [1.54, 1.807) is 6.34 Å². The molecule has 2 atom stereocenters. The Morgan fingerprint density at radius 1 is 1.26 bits per heavy atom. The van der Waals surface area contributed by atoms with E-state index in [0.29, 0.717) is 12.1 Å². The molecular formula is C15H18N4. The molecule has 0 spiro atoms. The lowest BCUT2D eigenvalue weighted by molar-refractivity contribution is 0.296. The first kappa shape index (κ1) is 11.2. The minimum absolute atomic E-state index is 0.319. The average molecular weight is 254 g/mol. The van der Waals surface area contributed by atoms with Crippen LogP contribution in [0.5, 0.6) is 0 Å². The van der Waals surface area contributed by atoms with Crippen LogP contribution in [0.2, 0.25) is 0 Å². The van der Waals surface area contributed by atoms with E-state index in [4.69, 9.17) is 0 Å². The van der Waals surface area contributed by atoms with E-state index in [-0.39, 0.29) is 0 Å². The Hall–Kier alpha value is -1.68. The van der Waals surface area contributed by atoms with Crippen LogP contribution in [0, 0.1) is 0 Å². The van der Waals surface area contributed by atoms with Crippen LogP contribution in [0.4, 0.5) is 0 Å². The number of benzene rings is 1. The molecule has 1 aromatic carbocycles. The molecule has 19 heavy (non-hydrogen) atoms. The highest BCUT2D eigenvalue weighted by Crippen LogP contribution is 2.35. The maximum absolute atomic E-state index is 4.51. The molecule has 4 heteroatoms. The zero-order chi connectivity index (χ0) is 12.7. The number of rotatable bonds is 1. The third-order valence-corrected chi connectivity index (χ3v) is 4.39. The van der Waals surface area contributed by atoms with Gasteiger partial charge in [0, 0.05) is 0 Å². The van der Waals surface area contributed by atoms with E-state index in [1.165, 1.54) is 36.2 Å². The van der Waals surface area contributed by atoms with Gasteiger partial charge in [0.2, 0.25) is 0 Å². The lowest BCUT2D eigenvalue weighted by Crippen LogP contribution is -2.37. The van der Waals surface area contributed by atoms with E-state index >= 15 is 0 Å². The van der Waals surface area contributed by atoms with Crippen LogP contribution >= 0.6 is 0 Å². The van der Waals surface area contributed by atoms with Gasteiger partial charge in [-0.2, -0.15) is 0 Å². The molecule has 0 saturated carbocycles. The predicted octanol–water partition coefficient (Wildman–Crippen LogP) is 1.74. The molecule has 0 radical (unpaired) electrons. The highest BCUT2D eigenvalue weighted by molar-refractivity contribution is 5.96. The molecule has 0 aromatic heterocycles. The molecule has 1 aliphatic carbocycles. The van der Waals surface area contributed by atoms with Gasteiger partial charge in [-0.15, -0.1) is 0 Å². The minimum Gasteiger partial charge on any atom is -0.339 e. The van der Waals surface area contributed by atoms with Gasteiger partial charge in [-0.05, 0) is 30.4 Å². The maximum Gasteiger partial charge on any atom is 0.127 e. The van der Waals surface area contributed by atoms with Gasteiger partial charge in [-0.25, -0.2) is 4.99 Å². The molecule has 4 rings (SSSR count). The maximum atomic E-state index is 4.51. The van der Waals surface area contributed by atoms with Crippen molar-refractivity contribution in [1.29, 1.82) is 0 Å². The summed E-state index contributed by atoms with van der Waals surface area (Å²) in [5.41, 5.74) is 2.99. The van der Waals surface area contributed by atoms with E-state index in [9.17, 15) is 0 Å². The Morgan fingerprint density at radius 2 is 2.21 bits per heavy atom. The van der Waals surface area contributed by atoms with Crippen LogP contribution in [0.25, 0.3) is 0 Å². The summed E-state index contributed by atoms with van der Waals surface area (Å²) < 4.78 is 0. The third kappa shape index (κ3) is 1.78. The molecule has 1 N–H and O–H groups in total. The predicted molar refractivity (Wildman–Crippen MR) is 76.5 cm³/mol. The molecular weight excluding hydrogens is 236 g/mol. The van der Waals surface area contributed by atoms with E-state index in [0.717, 1.165) is 13.2 Å². The van der Waals surface area contributed by atoms with Crippen molar-refractivity contribution in [3.63, 3.8) is 0 Å². The molecule has 3 aliphatic rings. The lowest BCUT2D eigenvalue weighted by atomic mass is 9.87. The van der Waals surface area contributed by atoms with Gasteiger partial charge in [-0.3, -0.25) is 10.3 Å². The lowest BCUT2D eigenvalue weighted by Gasteiger charge is -2.34. The normalized spacial score (nSPS) is 28.8. The first-order valence-electron chi connectivity index (χ1n) is 7.07. The number of nitrogens with zero attached hydrogens (tertiary/aromatic N) is 3. The summed E-state index contributed by atoms with van der Waals surface area (Å²) in [5, 5.41) is 3.52. The fourth-order valence-electron chi connectivity index (χ4n) is 3.47. The molecule has 98 valence electrons. The SMILES string of the molecule is C1=NCC2NCN(C3CCCc4ccccc43)C2=N1. The van der Waals surface area contributed by atoms with Gasteiger partial charge in [-0.1, -0.05) is 24.3 Å². The van der Waals surface area contributed by atoms with Crippen molar-refractivity contribution >= 4 is 12.2 Å². The van der Waals surface area contributed by atoms with Crippen LogP contribution in [-0.2, 0) is 6.42 Å². The Labute approximate surface area is 113 Å². The molecule has 0 amide bonds. The highest BCUT2D eigenvalue weighted by Gasteiger charge is 2.36. The number of amidine groups is 1. The second kappa shape index (κ2) is 4.46.